The van der Waals surface area contributed by atoms with E-state index >= 15 is 0 Å². The zero-order valence-electron chi connectivity index (χ0n) is 13.5. The summed E-state index contributed by atoms with van der Waals surface area (Å²) in [5, 5.41) is 11.9. The molecule has 0 radical (unpaired) electrons. The first kappa shape index (κ1) is 14.8. The summed E-state index contributed by atoms with van der Waals surface area (Å²) in [6.45, 7) is 5.24. The summed E-state index contributed by atoms with van der Waals surface area (Å²) in [7, 11) is 0. The van der Waals surface area contributed by atoms with Gasteiger partial charge in [-0.05, 0) is 65.1 Å². The largest absolute Gasteiger partial charge is 0.358 e. The molecular formula is C18H17FN4O. The number of aromatic amines is 1. The third-order valence-electron chi connectivity index (χ3n) is 4.43. The summed E-state index contributed by atoms with van der Waals surface area (Å²) in [6, 6.07) is 8.95. The summed E-state index contributed by atoms with van der Waals surface area (Å²) < 4.78 is 18.6. The predicted molar refractivity (Wildman–Crippen MR) is 90.1 cm³/mol. The number of aromatic nitrogens is 3. The van der Waals surface area contributed by atoms with Gasteiger partial charge in [0, 0.05) is 24.2 Å². The average molecular weight is 324 g/mol. The Kier molecular flexibility index (Phi) is 3.54. The van der Waals surface area contributed by atoms with Crippen molar-refractivity contribution >= 4 is 21.9 Å². The van der Waals surface area contributed by atoms with Crippen LogP contribution in [0.4, 0.5) is 4.39 Å². The molecule has 0 saturated heterocycles. The Morgan fingerprint density at radius 1 is 1.08 bits per heavy atom. The number of benzene rings is 2. The van der Waals surface area contributed by atoms with Gasteiger partial charge in [-0.3, -0.25) is 0 Å². The van der Waals surface area contributed by atoms with Crippen molar-refractivity contribution in [1.29, 1.82) is 0 Å². The van der Waals surface area contributed by atoms with E-state index in [4.69, 9.17) is 4.63 Å². The summed E-state index contributed by atoms with van der Waals surface area (Å²) >= 11 is 0. The average Bonchev–Trinajstić information content (AvgIpc) is 3.13. The molecular weight excluding hydrogens is 307 g/mol. The fourth-order valence-electron chi connectivity index (χ4n) is 3.01. The van der Waals surface area contributed by atoms with Crippen LogP contribution in [0.25, 0.3) is 21.9 Å². The van der Waals surface area contributed by atoms with Gasteiger partial charge in [-0.1, -0.05) is 6.07 Å². The lowest BCUT2D eigenvalue weighted by molar-refractivity contribution is 0.315. The number of aryl methyl sites for hydroxylation is 2. The van der Waals surface area contributed by atoms with Crippen molar-refractivity contribution in [3.8, 4) is 0 Å². The molecule has 0 spiro atoms. The maximum absolute atomic E-state index is 13.9. The van der Waals surface area contributed by atoms with Gasteiger partial charge >= 0.3 is 0 Å². The van der Waals surface area contributed by atoms with Crippen molar-refractivity contribution < 1.29 is 9.02 Å². The number of hydrogen-bond acceptors (Lipinski definition) is 4. The van der Waals surface area contributed by atoms with Gasteiger partial charge in [0.2, 0.25) is 0 Å². The maximum Gasteiger partial charge on any atom is 0.135 e. The number of hydrogen-bond donors (Lipinski definition) is 2. The summed E-state index contributed by atoms with van der Waals surface area (Å²) in [5.74, 6) is -0.212. The molecule has 0 aliphatic heterocycles. The second-order valence-corrected chi connectivity index (χ2v) is 6.05. The zero-order valence-corrected chi connectivity index (χ0v) is 13.5. The molecule has 2 aromatic carbocycles. The Bertz CT molecular complexity index is 1030. The van der Waals surface area contributed by atoms with Crippen LogP contribution < -0.4 is 5.32 Å². The molecule has 2 heterocycles. The SMILES string of the molecule is Cc1[nH]c2c(CNCc3ccc4nonc4c3)cc(F)cc2c1C. The topological polar surface area (TPSA) is 66.7 Å². The Morgan fingerprint density at radius 2 is 1.92 bits per heavy atom. The highest BCUT2D eigenvalue weighted by Crippen LogP contribution is 2.25. The molecule has 0 amide bonds. The molecule has 0 saturated carbocycles. The van der Waals surface area contributed by atoms with Crippen LogP contribution in [0.15, 0.2) is 35.0 Å². The maximum atomic E-state index is 13.9. The van der Waals surface area contributed by atoms with Crippen molar-refractivity contribution in [2.45, 2.75) is 26.9 Å². The molecule has 0 atom stereocenters. The van der Waals surface area contributed by atoms with E-state index in [2.05, 4.69) is 20.6 Å². The van der Waals surface area contributed by atoms with Crippen LogP contribution >= 0.6 is 0 Å². The summed E-state index contributed by atoms with van der Waals surface area (Å²) in [6.07, 6.45) is 0. The van der Waals surface area contributed by atoms with Gasteiger partial charge < -0.3 is 10.3 Å². The van der Waals surface area contributed by atoms with Crippen molar-refractivity contribution in [3.63, 3.8) is 0 Å². The summed E-state index contributed by atoms with van der Waals surface area (Å²) in [5.41, 5.74) is 6.63. The van der Waals surface area contributed by atoms with Crippen LogP contribution in [-0.2, 0) is 13.1 Å². The third-order valence-corrected chi connectivity index (χ3v) is 4.43. The summed E-state index contributed by atoms with van der Waals surface area (Å²) in [4.78, 5) is 3.35. The molecule has 0 aliphatic carbocycles. The van der Waals surface area contributed by atoms with E-state index in [1.54, 1.807) is 12.1 Å². The van der Waals surface area contributed by atoms with Gasteiger partial charge in [0.1, 0.15) is 16.9 Å². The highest BCUT2D eigenvalue weighted by atomic mass is 19.1. The molecule has 0 fully saturated rings. The lowest BCUT2D eigenvalue weighted by Crippen LogP contribution is -2.13. The Morgan fingerprint density at radius 3 is 2.79 bits per heavy atom. The van der Waals surface area contributed by atoms with E-state index in [-0.39, 0.29) is 5.82 Å². The fourth-order valence-corrected chi connectivity index (χ4v) is 3.01. The van der Waals surface area contributed by atoms with Crippen molar-refractivity contribution in [2.75, 3.05) is 0 Å². The molecule has 122 valence electrons. The van der Waals surface area contributed by atoms with E-state index in [1.165, 1.54) is 0 Å². The molecule has 24 heavy (non-hydrogen) atoms. The molecule has 5 nitrogen and oxygen atoms in total. The van der Waals surface area contributed by atoms with Crippen LogP contribution in [-0.4, -0.2) is 15.3 Å². The number of rotatable bonds is 4. The molecule has 0 unspecified atom stereocenters. The minimum absolute atomic E-state index is 0.212. The van der Waals surface area contributed by atoms with Gasteiger partial charge in [-0.2, -0.15) is 0 Å². The molecule has 2 aromatic heterocycles. The zero-order chi connectivity index (χ0) is 16.7. The minimum atomic E-state index is -0.212. The van der Waals surface area contributed by atoms with Gasteiger partial charge in [0.15, 0.2) is 0 Å². The lowest BCUT2D eigenvalue weighted by atomic mass is 10.1. The lowest BCUT2D eigenvalue weighted by Gasteiger charge is -2.07. The van der Waals surface area contributed by atoms with Gasteiger partial charge in [-0.25, -0.2) is 9.02 Å². The molecule has 4 aromatic rings. The second kappa shape index (κ2) is 5.72. The minimum Gasteiger partial charge on any atom is -0.358 e. The third kappa shape index (κ3) is 2.55. The van der Waals surface area contributed by atoms with E-state index < -0.39 is 0 Å². The van der Waals surface area contributed by atoms with Gasteiger partial charge in [-0.15, -0.1) is 0 Å². The molecule has 0 bridgehead atoms. The van der Waals surface area contributed by atoms with E-state index in [0.717, 1.165) is 44.3 Å². The van der Waals surface area contributed by atoms with Crippen LogP contribution in [0.3, 0.4) is 0 Å². The first-order chi connectivity index (χ1) is 11.6. The fraction of sp³-hybridized carbons (Fsp3) is 0.222. The Hall–Kier alpha value is -2.73. The molecule has 2 N–H and O–H groups in total. The number of nitrogens with zero attached hydrogens (tertiary/aromatic N) is 2. The molecule has 6 heteroatoms. The van der Waals surface area contributed by atoms with Crippen molar-refractivity contribution in [2.24, 2.45) is 0 Å². The number of nitrogens with one attached hydrogen (secondary N) is 2. The molecule has 0 aliphatic rings. The predicted octanol–water partition coefficient (Wildman–Crippen LogP) is 3.75. The van der Waals surface area contributed by atoms with Gasteiger partial charge in [0.25, 0.3) is 0 Å². The quantitative estimate of drug-likeness (QED) is 0.600. The monoisotopic (exact) mass is 324 g/mol. The van der Waals surface area contributed by atoms with Crippen molar-refractivity contribution in [1.82, 2.24) is 20.6 Å². The number of halogens is 1. The number of H-pyrrole nitrogens is 1. The van der Waals surface area contributed by atoms with Crippen LogP contribution in [0, 0.1) is 19.7 Å². The Labute approximate surface area is 137 Å². The van der Waals surface area contributed by atoms with Crippen molar-refractivity contribution in [3.05, 3.63) is 58.5 Å². The normalized spacial score (nSPS) is 11.6. The highest BCUT2D eigenvalue weighted by molar-refractivity contribution is 5.87. The first-order valence-corrected chi connectivity index (χ1v) is 7.81. The van der Waals surface area contributed by atoms with Crippen LogP contribution in [0.5, 0.6) is 0 Å². The Balaban J connectivity index is 1.55. The van der Waals surface area contributed by atoms with E-state index in [1.807, 2.05) is 32.0 Å². The number of fused-ring (bicyclic) bond motifs is 2. The second-order valence-electron chi connectivity index (χ2n) is 6.05. The van der Waals surface area contributed by atoms with Crippen LogP contribution in [0.1, 0.15) is 22.4 Å². The van der Waals surface area contributed by atoms with E-state index in [0.29, 0.717) is 13.1 Å². The van der Waals surface area contributed by atoms with E-state index in [9.17, 15) is 4.39 Å². The standard InChI is InChI=1S/C18H17FN4O/c1-10-11(2)21-18-13(6-14(19)7-15(10)18)9-20-8-12-3-4-16-17(5-12)23-24-22-16/h3-7,20-21H,8-9H2,1-2H3. The highest BCUT2D eigenvalue weighted by Gasteiger charge is 2.10. The molecule has 4 rings (SSSR count). The van der Waals surface area contributed by atoms with Gasteiger partial charge in [0.05, 0.1) is 5.52 Å². The smallest absolute Gasteiger partial charge is 0.135 e. The first-order valence-electron chi connectivity index (χ1n) is 7.81. The van der Waals surface area contributed by atoms with Crippen LogP contribution in [0.2, 0.25) is 0 Å².